The Morgan fingerprint density at radius 3 is 2.08 bits per heavy atom. The van der Waals surface area contributed by atoms with E-state index in [2.05, 4.69) is 66.4 Å². The molecular weight excluding hydrogens is 472 g/mol. The first-order chi connectivity index (χ1) is 16.5. The first-order valence-electron chi connectivity index (χ1n) is 13.8. The van der Waals surface area contributed by atoms with Crippen molar-refractivity contribution in [1.82, 2.24) is 9.80 Å². The third-order valence-electron chi connectivity index (χ3n) is 7.36. The fraction of sp³-hybridized carbons (Fsp3) is 0.862. The lowest BCUT2D eigenvalue weighted by Crippen LogP contribution is -2.47. The van der Waals surface area contributed by atoms with E-state index in [0.717, 1.165) is 37.2 Å². The van der Waals surface area contributed by atoms with E-state index >= 15 is 0 Å². The summed E-state index contributed by atoms with van der Waals surface area (Å²) < 4.78 is 24.4. The summed E-state index contributed by atoms with van der Waals surface area (Å²) in [5, 5.41) is 0. The highest BCUT2D eigenvalue weighted by atomic mass is 32.2. The summed E-state index contributed by atoms with van der Waals surface area (Å²) in [7, 11) is -0.612. The molecule has 212 valence electrons. The zero-order chi connectivity index (χ0) is 27.7. The van der Waals surface area contributed by atoms with Gasteiger partial charge in [-0.1, -0.05) is 52.5 Å². The smallest absolute Gasteiger partial charge is 0.410 e. The van der Waals surface area contributed by atoms with E-state index in [9.17, 15) is 9.00 Å². The molecule has 0 heterocycles. The van der Waals surface area contributed by atoms with Gasteiger partial charge in [0.2, 0.25) is 0 Å². The Morgan fingerprint density at radius 2 is 1.64 bits per heavy atom. The average molecular weight is 529 g/mol. The molecule has 0 radical (unpaired) electrons. The van der Waals surface area contributed by atoms with Gasteiger partial charge in [0.1, 0.15) is 0 Å². The Bertz CT molecular complexity index is 806. The molecule has 7 heteroatoms. The predicted molar refractivity (Wildman–Crippen MR) is 155 cm³/mol. The number of carbonyl (C=O) groups is 1. The van der Waals surface area contributed by atoms with Crippen molar-refractivity contribution in [3.63, 3.8) is 0 Å². The molecule has 36 heavy (non-hydrogen) atoms. The second-order valence-electron chi connectivity index (χ2n) is 12.5. The van der Waals surface area contributed by atoms with E-state index in [-0.39, 0.29) is 29.9 Å². The lowest BCUT2D eigenvalue weighted by atomic mass is 9.89. The molecule has 1 amide bonds. The number of carbonyl (C=O) groups excluding carboxylic acids is 1. The molecule has 0 spiro atoms. The number of nitrogens with zero attached hydrogens (tertiary/aromatic N) is 2. The Labute approximate surface area is 223 Å². The normalized spacial score (nSPS) is 22.1. The van der Waals surface area contributed by atoms with Crippen LogP contribution in [0.5, 0.6) is 0 Å². The van der Waals surface area contributed by atoms with Gasteiger partial charge in [0.05, 0.1) is 19.3 Å². The van der Waals surface area contributed by atoms with Crippen molar-refractivity contribution >= 4 is 21.1 Å². The fourth-order valence-corrected chi connectivity index (χ4v) is 5.55. The molecule has 0 aromatic carbocycles. The summed E-state index contributed by atoms with van der Waals surface area (Å²) >= 11 is 0. The number of ether oxygens (including phenoxy) is 2. The van der Waals surface area contributed by atoms with Gasteiger partial charge in [-0.25, -0.2) is 4.79 Å². The molecule has 0 aromatic heterocycles. The van der Waals surface area contributed by atoms with Crippen molar-refractivity contribution in [2.24, 2.45) is 11.8 Å². The number of methoxy groups -OCH3 is 1. The Kier molecular flexibility index (Phi) is 13.5. The largest absolute Gasteiger partial charge is 0.453 e. The Hall–Kier alpha value is -1.05. The quantitative estimate of drug-likeness (QED) is 0.250. The molecule has 1 aliphatic rings. The monoisotopic (exact) mass is 528 g/mol. The van der Waals surface area contributed by atoms with Crippen LogP contribution in [-0.4, -0.2) is 82.1 Å². The summed E-state index contributed by atoms with van der Waals surface area (Å²) in [4.78, 5) is 16.8. The van der Waals surface area contributed by atoms with Gasteiger partial charge in [-0.2, -0.15) is 0 Å². The van der Waals surface area contributed by atoms with Gasteiger partial charge in [-0.05, 0) is 74.4 Å². The van der Waals surface area contributed by atoms with Crippen LogP contribution in [0.3, 0.4) is 0 Å². The highest BCUT2D eigenvalue weighted by molar-refractivity contribution is 7.99. The summed E-state index contributed by atoms with van der Waals surface area (Å²) in [6, 6.07) is 0.201. The Balaban J connectivity index is 3.22. The van der Waals surface area contributed by atoms with Crippen LogP contribution in [0.15, 0.2) is 11.6 Å². The van der Waals surface area contributed by atoms with Crippen molar-refractivity contribution < 1.29 is 18.5 Å². The molecule has 1 fully saturated rings. The van der Waals surface area contributed by atoms with Crippen LogP contribution in [-0.2, 0) is 19.0 Å². The van der Waals surface area contributed by atoms with E-state index in [1.165, 1.54) is 20.0 Å². The van der Waals surface area contributed by atoms with Gasteiger partial charge in [0.15, 0.2) is 0 Å². The van der Waals surface area contributed by atoms with Crippen LogP contribution < -0.4 is 0 Å². The Morgan fingerprint density at radius 1 is 1.08 bits per heavy atom. The highest BCUT2D eigenvalue weighted by Crippen LogP contribution is 2.26. The SMILES string of the molecule is COC(=O)N(CC=C(C)C(CN(C=S(C)(C)=O)C(C)(C)C)OC(C)C(C)C)C1CCCC(C)CCC1. The molecule has 0 saturated heterocycles. The first kappa shape index (κ1) is 33.0. The number of rotatable bonds is 10. The summed E-state index contributed by atoms with van der Waals surface area (Å²) in [5.41, 5.74) is 2.75. The fourth-order valence-electron chi connectivity index (χ4n) is 4.54. The predicted octanol–water partition coefficient (Wildman–Crippen LogP) is 6.19. The number of amides is 1. The van der Waals surface area contributed by atoms with Crippen LogP contribution in [0.2, 0.25) is 0 Å². The van der Waals surface area contributed by atoms with Gasteiger partial charge in [-0.15, -0.1) is 0 Å². The van der Waals surface area contributed by atoms with Gasteiger partial charge in [-0.3, -0.25) is 9.11 Å². The molecule has 6 nitrogen and oxygen atoms in total. The number of hydrogen-bond donors (Lipinski definition) is 0. The lowest BCUT2D eigenvalue weighted by Gasteiger charge is -2.37. The van der Waals surface area contributed by atoms with Crippen LogP contribution in [0.25, 0.3) is 0 Å². The van der Waals surface area contributed by atoms with E-state index in [1.807, 2.05) is 10.4 Å². The van der Waals surface area contributed by atoms with Crippen molar-refractivity contribution in [1.29, 1.82) is 0 Å². The first-order valence-corrected chi connectivity index (χ1v) is 16.2. The second-order valence-corrected chi connectivity index (χ2v) is 15.3. The second kappa shape index (κ2) is 14.8. The average Bonchev–Trinajstić information content (AvgIpc) is 2.73. The van der Waals surface area contributed by atoms with Gasteiger partial charge >= 0.3 is 6.09 Å². The van der Waals surface area contributed by atoms with E-state index < -0.39 is 9.52 Å². The minimum atomic E-state index is -2.08. The molecule has 0 aliphatic heterocycles. The van der Waals surface area contributed by atoms with Gasteiger partial charge in [0.25, 0.3) is 0 Å². The minimum absolute atomic E-state index is 0.0667. The van der Waals surface area contributed by atoms with Crippen molar-refractivity contribution in [2.45, 2.75) is 118 Å². The topological polar surface area (TPSA) is 59.1 Å². The lowest BCUT2D eigenvalue weighted by molar-refractivity contribution is -0.0213. The van der Waals surface area contributed by atoms with E-state index in [0.29, 0.717) is 19.0 Å². The van der Waals surface area contributed by atoms with Crippen LogP contribution >= 0.6 is 0 Å². The molecule has 0 aromatic rings. The number of hydrogen-bond acceptors (Lipinski definition) is 4. The van der Waals surface area contributed by atoms with Crippen molar-refractivity contribution in [3.05, 3.63) is 11.6 Å². The molecule has 0 N–H and O–H groups in total. The zero-order valence-electron chi connectivity index (χ0n) is 25.1. The minimum Gasteiger partial charge on any atom is -0.453 e. The molecule has 1 rings (SSSR count). The van der Waals surface area contributed by atoms with Crippen LogP contribution in [0, 0.1) is 11.8 Å². The maximum Gasteiger partial charge on any atom is 0.410 e. The van der Waals surface area contributed by atoms with Crippen molar-refractivity contribution in [2.75, 3.05) is 32.7 Å². The maximum absolute atomic E-state index is 12.8. The van der Waals surface area contributed by atoms with Crippen molar-refractivity contribution in [3.8, 4) is 0 Å². The molecule has 1 aliphatic carbocycles. The van der Waals surface area contributed by atoms with Gasteiger partial charge in [0, 0.05) is 42.7 Å². The third kappa shape index (κ3) is 12.0. The highest BCUT2D eigenvalue weighted by Gasteiger charge is 2.28. The maximum atomic E-state index is 12.8. The molecule has 1 saturated carbocycles. The molecule has 2 atom stereocenters. The summed E-state index contributed by atoms with van der Waals surface area (Å²) in [6.07, 6.45) is 12.1. The van der Waals surface area contributed by atoms with Crippen LogP contribution in [0.1, 0.15) is 93.9 Å². The summed E-state index contributed by atoms with van der Waals surface area (Å²) in [6.45, 7) is 18.3. The zero-order valence-corrected chi connectivity index (χ0v) is 26.0. The van der Waals surface area contributed by atoms with E-state index in [4.69, 9.17) is 9.47 Å². The van der Waals surface area contributed by atoms with Gasteiger partial charge < -0.3 is 14.4 Å². The van der Waals surface area contributed by atoms with Crippen LogP contribution in [0.4, 0.5) is 4.79 Å². The third-order valence-corrected chi connectivity index (χ3v) is 8.12. The summed E-state index contributed by atoms with van der Waals surface area (Å²) in [5.74, 6) is 1.14. The molecule has 2 unspecified atom stereocenters. The molecular formula is C29H56N2O4S. The standard InChI is InChI=1S/C29H56N2O4S/c1-22(2)25(5)35-27(20-30(29(6,7)8)21-36(10,11)33)24(4)18-19-31(28(32)34-9)26-16-12-14-23(3)15-13-17-26/h18,21-23,25-27H,12-17,19-20H2,1-11H3. The molecule has 0 bridgehead atoms. The van der Waals surface area contributed by atoms with E-state index in [1.54, 1.807) is 12.5 Å².